The van der Waals surface area contributed by atoms with Crippen LogP contribution in [-0.2, 0) is 4.79 Å². The standard InChI is InChI=1S/C12H13BrN2O/c1-8-4-5-9(6-10(8)13)15-11(16)12(2,3)7-14/h4-6H,1-3H3,(H,15,16). The summed E-state index contributed by atoms with van der Waals surface area (Å²) in [4.78, 5) is 11.7. The Balaban J connectivity index is 2.87. The van der Waals surface area contributed by atoms with Crippen LogP contribution in [-0.4, -0.2) is 5.91 Å². The van der Waals surface area contributed by atoms with E-state index in [0.29, 0.717) is 5.69 Å². The van der Waals surface area contributed by atoms with Crippen molar-refractivity contribution < 1.29 is 4.79 Å². The van der Waals surface area contributed by atoms with Gasteiger partial charge in [0.25, 0.3) is 0 Å². The zero-order valence-electron chi connectivity index (χ0n) is 9.47. The molecular formula is C12H13BrN2O. The molecule has 1 rings (SSSR count). The molecule has 1 aromatic rings. The minimum absolute atomic E-state index is 0.300. The number of nitrogens with one attached hydrogen (secondary N) is 1. The average molecular weight is 281 g/mol. The Kier molecular flexibility index (Phi) is 3.71. The van der Waals surface area contributed by atoms with E-state index in [0.717, 1.165) is 10.0 Å². The lowest BCUT2D eigenvalue weighted by atomic mass is 9.94. The number of benzene rings is 1. The molecule has 1 aromatic carbocycles. The van der Waals surface area contributed by atoms with E-state index in [1.54, 1.807) is 13.8 Å². The molecule has 16 heavy (non-hydrogen) atoms. The normalized spacial score (nSPS) is 10.7. The van der Waals surface area contributed by atoms with Crippen molar-refractivity contribution in [3.05, 3.63) is 28.2 Å². The highest BCUT2D eigenvalue weighted by Crippen LogP contribution is 2.22. The third-order valence-corrected chi connectivity index (χ3v) is 3.13. The lowest BCUT2D eigenvalue weighted by Crippen LogP contribution is -2.29. The number of rotatable bonds is 2. The van der Waals surface area contributed by atoms with Crippen molar-refractivity contribution >= 4 is 27.5 Å². The van der Waals surface area contributed by atoms with Gasteiger partial charge in [0.05, 0.1) is 6.07 Å². The van der Waals surface area contributed by atoms with Crippen LogP contribution in [0.2, 0.25) is 0 Å². The molecule has 0 bridgehead atoms. The Morgan fingerprint density at radius 2 is 2.12 bits per heavy atom. The number of halogens is 1. The summed E-state index contributed by atoms with van der Waals surface area (Å²) in [5, 5.41) is 11.5. The summed E-state index contributed by atoms with van der Waals surface area (Å²) in [5.41, 5.74) is 0.764. The predicted molar refractivity (Wildman–Crippen MR) is 66.9 cm³/mol. The second-order valence-electron chi connectivity index (χ2n) is 4.15. The first kappa shape index (κ1) is 12.7. The van der Waals surface area contributed by atoms with Crippen LogP contribution in [0.5, 0.6) is 0 Å². The number of nitrogens with zero attached hydrogens (tertiary/aromatic N) is 1. The van der Waals surface area contributed by atoms with Crippen molar-refractivity contribution in [2.45, 2.75) is 20.8 Å². The van der Waals surface area contributed by atoms with Crippen LogP contribution in [0.25, 0.3) is 0 Å². The quantitative estimate of drug-likeness (QED) is 0.904. The predicted octanol–water partition coefficient (Wildman–Crippen LogP) is 3.25. The summed E-state index contributed by atoms with van der Waals surface area (Å²) < 4.78 is 0.931. The van der Waals surface area contributed by atoms with Gasteiger partial charge in [0.2, 0.25) is 5.91 Å². The zero-order valence-corrected chi connectivity index (χ0v) is 11.1. The largest absolute Gasteiger partial charge is 0.325 e. The number of amides is 1. The van der Waals surface area contributed by atoms with Crippen molar-refractivity contribution in [3.8, 4) is 6.07 Å². The molecule has 4 heteroatoms. The van der Waals surface area contributed by atoms with Gasteiger partial charge in [-0.05, 0) is 38.5 Å². The maximum absolute atomic E-state index is 11.7. The van der Waals surface area contributed by atoms with E-state index < -0.39 is 5.41 Å². The molecular weight excluding hydrogens is 268 g/mol. The van der Waals surface area contributed by atoms with Gasteiger partial charge < -0.3 is 5.32 Å². The molecule has 0 spiro atoms. The van der Waals surface area contributed by atoms with E-state index in [4.69, 9.17) is 5.26 Å². The molecule has 0 aliphatic rings. The van der Waals surface area contributed by atoms with E-state index in [-0.39, 0.29) is 5.91 Å². The van der Waals surface area contributed by atoms with Gasteiger partial charge in [0, 0.05) is 10.2 Å². The van der Waals surface area contributed by atoms with Crippen LogP contribution in [0.15, 0.2) is 22.7 Å². The van der Waals surface area contributed by atoms with Crippen LogP contribution in [0.1, 0.15) is 19.4 Å². The van der Waals surface area contributed by atoms with E-state index in [2.05, 4.69) is 21.2 Å². The number of carbonyl (C=O) groups excluding carboxylic acids is 1. The third-order valence-electron chi connectivity index (χ3n) is 2.28. The van der Waals surface area contributed by atoms with Crippen molar-refractivity contribution in [1.29, 1.82) is 5.26 Å². The molecule has 0 aliphatic carbocycles. The fourth-order valence-electron chi connectivity index (χ4n) is 1.01. The van der Waals surface area contributed by atoms with Gasteiger partial charge in [0.15, 0.2) is 0 Å². The zero-order chi connectivity index (χ0) is 12.3. The molecule has 0 fully saturated rings. The molecule has 0 saturated carbocycles. The maximum Gasteiger partial charge on any atom is 0.244 e. The summed E-state index contributed by atoms with van der Waals surface area (Å²) in [6, 6.07) is 7.50. The molecule has 0 radical (unpaired) electrons. The molecule has 0 aliphatic heterocycles. The summed E-state index contributed by atoms with van der Waals surface area (Å²) in [6.07, 6.45) is 0. The molecule has 0 heterocycles. The average Bonchev–Trinajstić information content (AvgIpc) is 2.23. The molecule has 3 nitrogen and oxygen atoms in total. The number of carbonyl (C=O) groups is 1. The summed E-state index contributed by atoms with van der Waals surface area (Å²) in [5.74, 6) is -0.300. The first-order valence-corrected chi connectivity index (χ1v) is 5.65. The van der Waals surface area contributed by atoms with Crippen molar-refractivity contribution in [3.63, 3.8) is 0 Å². The van der Waals surface area contributed by atoms with Crippen molar-refractivity contribution in [2.24, 2.45) is 5.41 Å². The van der Waals surface area contributed by atoms with Gasteiger partial charge in [-0.15, -0.1) is 0 Å². The minimum Gasteiger partial charge on any atom is -0.325 e. The Hall–Kier alpha value is -1.34. The number of nitriles is 1. The van der Waals surface area contributed by atoms with Gasteiger partial charge in [-0.2, -0.15) is 5.26 Å². The SMILES string of the molecule is Cc1ccc(NC(=O)C(C)(C)C#N)cc1Br. The second kappa shape index (κ2) is 4.67. The Morgan fingerprint density at radius 3 is 2.62 bits per heavy atom. The molecule has 0 unspecified atom stereocenters. The Bertz CT molecular complexity index is 461. The van der Waals surface area contributed by atoms with E-state index >= 15 is 0 Å². The van der Waals surface area contributed by atoms with Crippen LogP contribution >= 0.6 is 15.9 Å². The molecule has 0 saturated heterocycles. The van der Waals surface area contributed by atoms with Crippen LogP contribution in [0, 0.1) is 23.7 Å². The van der Waals surface area contributed by atoms with Gasteiger partial charge in [-0.3, -0.25) is 4.79 Å². The number of hydrogen-bond donors (Lipinski definition) is 1. The molecule has 1 amide bonds. The van der Waals surface area contributed by atoms with Gasteiger partial charge in [-0.1, -0.05) is 22.0 Å². The topological polar surface area (TPSA) is 52.9 Å². The summed E-state index contributed by atoms with van der Waals surface area (Å²) in [7, 11) is 0. The number of anilines is 1. The maximum atomic E-state index is 11.7. The minimum atomic E-state index is -1.02. The summed E-state index contributed by atoms with van der Waals surface area (Å²) >= 11 is 3.39. The fraction of sp³-hybridized carbons (Fsp3) is 0.333. The lowest BCUT2D eigenvalue weighted by molar-refractivity contribution is -0.121. The highest BCUT2D eigenvalue weighted by molar-refractivity contribution is 9.10. The van der Waals surface area contributed by atoms with Gasteiger partial charge in [-0.25, -0.2) is 0 Å². The molecule has 84 valence electrons. The first-order valence-electron chi connectivity index (χ1n) is 4.85. The highest BCUT2D eigenvalue weighted by atomic mass is 79.9. The fourth-order valence-corrected chi connectivity index (χ4v) is 1.39. The van der Waals surface area contributed by atoms with Gasteiger partial charge in [0.1, 0.15) is 5.41 Å². The Labute approximate surface area is 104 Å². The van der Waals surface area contributed by atoms with Crippen LogP contribution in [0.3, 0.4) is 0 Å². The van der Waals surface area contributed by atoms with Crippen LogP contribution in [0.4, 0.5) is 5.69 Å². The summed E-state index contributed by atoms with van der Waals surface area (Å²) in [6.45, 7) is 5.14. The lowest BCUT2D eigenvalue weighted by Gasteiger charge is -2.15. The third kappa shape index (κ3) is 2.83. The molecule has 0 aromatic heterocycles. The van der Waals surface area contributed by atoms with Crippen molar-refractivity contribution in [1.82, 2.24) is 0 Å². The van der Waals surface area contributed by atoms with E-state index in [1.165, 1.54) is 0 Å². The second-order valence-corrected chi connectivity index (χ2v) is 5.01. The van der Waals surface area contributed by atoms with E-state index in [1.807, 2.05) is 31.2 Å². The number of aryl methyl sites for hydroxylation is 1. The monoisotopic (exact) mass is 280 g/mol. The van der Waals surface area contributed by atoms with E-state index in [9.17, 15) is 4.79 Å². The van der Waals surface area contributed by atoms with Crippen LogP contribution < -0.4 is 5.32 Å². The first-order chi connectivity index (χ1) is 7.36. The smallest absolute Gasteiger partial charge is 0.244 e. The Morgan fingerprint density at radius 1 is 1.50 bits per heavy atom. The number of hydrogen-bond acceptors (Lipinski definition) is 2. The molecule has 1 N–H and O–H groups in total. The molecule has 0 atom stereocenters. The highest BCUT2D eigenvalue weighted by Gasteiger charge is 2.27. The van der Waals surface area contributed by atoms with Gasteiger partial charge >= 0.3 is 0 Å². The van der Waals surface area contributed by atoms with Crippen molar-refractivity contribution in [2.75, 3.05) is 5.32 Å².